The van der Waals surface area contributed by atoms with E-state index in [0.29, 0.717) is 16.9 Å². The lowest BCUT2D eigenvalue weighted by Gasteiger charge is -2.21. The van der Waals surface area contributed by atoms with E-state index in [1.165, 1.54) is 0 Å². The van der Waals surface area contributed by atoms with E-state index in [9.17, 15) is 9.59 Å². The van der Waals surface area contributed by atoms with Crippen LogP contribution in [0.15, 0.2) is 67.1 Å². The third-order valence-corrected chi connectivity index (χ3v) is 5.73. The van der Waals surface area contributed by atoms with Gasteiger partial charge in [0.2, 0.25) is 0 Å². The number of aryl methyl sites for hydroxylation is 1. The second kappa shape index (κ2) is 7.92. The first-order valence-corrected chi connectivity index (χ1v) is 10.6. The maximum atomic E-state index is 13.5. The quantitative estimate of drug-likeness (QED) is 0.526. The molecule has 0 spiro atoms. The molecule has 160 valence electrons. The molecule has 0 aliphatic heterocycles. The number of carbonyl (C=O) groups is 2. The van der Waals surface area contributed by atoms with Crippen LogP contribution in [0, 0.1) is 6.92 Å². The number of fused-ring (bicyclic) bond motifs is 1. The molecule has 0 saturated heterocycles. The molecule has 1 fully saturated rings. The van der Waals surface area contributed by atoms with Crippen LogP contribution in [0.3, 0.4) is 0 Å². The Kier molecular flexibility index (Phi) is 4.93. The molecule has 0 atom stereocenters. The largest absolute Gasteiger partial charge is 0.355 e. The van der Waals surface area contributed by atoms with Crippen molar-refractivity contribution in [3.63, 3.8) is 0 Å². The number of aromatic nitrogens is 3. The van der Waals surface area contributed by atoms with E-state index >= 15 is 0 Å². The highest BCUT2D eigenvalue weighted by atomic mass is 16.2. The van der Waals surface area contributed by atoms with Crippen LogP contribution in [0.5, 0.6) is 0 Å². The number of hydrogen-bond donors (Lipinski definition) is 1. The second-order valence-electron chi connectivity index (χ2n) is 8.06. The van der Waals surface area contributed by atoms with Crippen molar-refractivity contribution in [3.8, 4) is 11.1 Å². The Morgan fingerprint density at radius 1 is 1.03 bits per heavy atom. The molecule has 7 heteroatoms. The molecule has 1 aromatic carbocycles. The van der Waals surface area contributed by atoms with E-state index in [1.54, 1.807) is 53.3 Å². The van der Waals surface area contributed by atoms with Gasteiger partial charge in [0.15, 0.2) is 0 Å². The lowest BCUT2D eigenvalue weighted by molar-refractivity contribution is 0.0960. The molecule has 3 aromatic heterocycles. The summed E-state index contributed by atoms with van der Waals surface area (Å²) in [7, 11) is 1.61. The van der Waals surface area contributed by atoms with Gasteiger partial charge < -0.3 is 5.32 Å². The highest BCUT2D eigenvalue weighted by molar-refractivity contribution is 6.07. The van der Waals surface area contributed by atoms with Crippen LogP contribution in [0.1, 0.15) is 39.1 Å². The summed E-state index contributed by atoms with van der Waals surface area (Å²) < 4.78 is 1.75. The van der Waals surface area contributed by atoms with Crippen LogP contribution >= 0.6 is 0 Å². The lowest BCUT2D eigenvalue weighted by atomic mass is 10.0. The van der Waals surface area contributed by atoms with Gasteiger partial charge in [-0.25, -0.2) is 9.50 Å². The van der Waals surface area contributed by atoms with Gasteiger partial charge in [0.25, 0.3) is 11.8 Å². The van der Waals surface area contributed by atoms with Crippen molar-refractivity contribution in [2.75, 3.05) is 11.9 Å². The molecule has 7 nitrogen and oxygen atoms in total. The maximum Gasteiger partial charge on any atom is 0.259 e. The Bertz CT molecular complexity index is 1300. The van der Waals surface area contributed by atoms with Crippen LogP contribution in [-0.4, -0.2) is 39.5 Å². The summed E-state index contributed by atoms with van der Waals surface area (Å²) in [6, 6.07) is 15.1. The molecule has 3 heterocycles. The Morgan fingerprint density at radius 3 is 2.47 bits per heavy atom. The Hall–Kier alpha value is -4.00. The molecule has 32 heavy (non-hydrogen) atoms. The molecule has 1 aliphatic carbocycles. The Morgan fingerprint density at radius 2 is 1.81 bits per heavy atom. The molecule has 4 aromatic rings. The molecule has 0 radical (unpaired) electrons. The van der Waals surface area contributed by atoms with Gasteiger partial charge >= 0.3 is 0 Å². The molecular formula is C25H23N5O2. The second-order valence-corrected chi connectivity index (χ2v) is 8.06. The number of nitrogens with one attached hydrogen (secondary N) is 1. The molecule has 1 saturated carbocycles. The monoisotopic (exact) mass is 425 g/mol. The van der Waals surface area contributed by atoms with Gasteiger partial charge in [-0.15, -0.1) is 0 Å². The SMILES string of the molecule is CNC(=O)c1ccc(-c2cnn3ccc(C(=O)N(c4ccc(C)cn4)C4CC4)cc23)cc1. The zero-order valence-electron chi connectivity index (χ0n) is 17.9. The van der Waals surface area contributed by atoms with Crippen molar-refractivity contribution in [2.24, 2.45) is 0 Å². The Balaban J connectivity index is 1.51. The smallest absolute Gasteiger partial charge is 0.259 e. The third-order valence-electron chi connectivity index (χ3n) is 5.73. The summed E-state index contributed by atoms with van der Waals surface area (Å²) in [6.45, 7) is 1.98. The number of anilines is 1. The summed E-state index contributed by atoms with van der Waals surface area (Å²) in [6.07, 6.45) is 7.34. The van der Waals surface area contributed by atoms with Crippen LogP contribution in [0.2, 0.25) is 0 Å². The first-order chi connectivity index (χ1) is 15.5. The fraction of sp³-hybridized carbons (Fsp3) is 0.200. The minimum Gasteiger partial charge on any atom is -0.355 e. The fourth-order valence-electron chi connectivity index (χ4n) is 3.81. The highest BCUT2D eigenvalue weighted by Crippen LogP contribution is 2.33. The van der Waals surface area contributed by atoms with Crippen LogP contribution < -0.4 is 10.2 Å². The van der Waals surface area contributed by atoms with Gasteiger partial charge in [-0.05, 0) is 61.2 Å². The summed E-state index contributed by atoms with van der Waals surface area (Å²) in [5.41, 5.74) is 4.90. The van der Waals surface area contributed by atoms with Gasteiger partial charge in [0, 0.05) is 42.2 Å². The van der Waals surface area contributed by atoms with Crippen LogP contribution in [-0.2, 0) is 0 Å². The van der Waals surface area contributed by atoms with Crippen LogP contribution in [0.4, 0.5) is 5.82 Å². The fourth-order valence-corrected chi connectivity index (χ4v) is 3.81. The van der Waals surface area contributed by atoms with E-state index in [0.717, 1.165) is 35.0 Å². The minimum absolute atomic E-state index is 0.0616. The number of nitrogens with zero attached hydrogens (tertiary/aromatic N) is 4. The predicted molar refractivity (Wildman–Crippen MR) is 123 cm³/mol. The van der Waals surface area contributed by atoms with Crippen molar-refractivity contribution in [1.82, 2.24) is 19.9 Å². The van der Waals surface area contributed by atoms with Crippen molar-refractivity contribution in [1.29, 1.82) is 0 Å². The third kappa shape index (κ3) is 3.62. The number of carbonyl (C=O) groups excluding carboxylic acids is 2. The number of rotatable bonds is 5. The zero-order chi connectivity index (χ0) is 22.2. The number of amides is 2. The minimum atomic E-state index is -0.130. The van der Waals surface area contributed by atoms with Gasteiger partial charge in [0.1, 0.15) is 5.82 Å². The molecule has 0 unspecified atom stereocenters. The van der Waals surface area contributed by atoms with Crippen molar-refractivity contribution in [2.45, 2.75) is 25.8 Å². The first kappa shape index (κ1) is 19.9. The number of pyridine rings is 2. The maximum absolute atomic E-state index is 13.5. The van der Waals surface area contributed by atoms with Gasteiger partial charge in [0.05, 0.1) is 11.7 Å². The van der Waals surface area contributed by atoms with Crippen molar-refractivity contribution in [3.05, 3.63) is 83.8 Å². The highest BCUT2D eigenvalue weighted by Gasteiger charge is 2.35. The summed E-state index contributed by atoms with van der Waals surface area (Å²) in [5, 5.41) is 7.05. The average molecular weight is 425 g/mol. The molecule has 0 bridgehead atoms. The molecular weight excluding hydrogens is 402 g/mol. The molecule has 5 rings (SSSR count). The average Bonchev–Trinajstić information content (AvgIpc) is 3.57. The molecule has 2 amide bonds. The summed E-state index contributed by atoms with van der Waals surface area (Å²) in [5.74, 6) is 0.490. The van der Waals surface area contributed by atoms with E-state index in [4.69, 9.17) is 0 Å². The van der Waals surface area contributed by atoms with Crippen molar-refractivity contribution < 1.29 is 9.59 Å². The first-order valence-electron chi connectivity index (χ1n) is 10.6. The van der Waals surface area contributed by atoms with Gasteiger partial charge in [-0.2, -0.15) is 5.10 Å². The summed E-state index contributed by atoms with van der Waals surface area (Å²) >= 11 is 0. The normalized spacial score (nSPS) is 13.2. The topological polar surface area (TPSA) is 79.6 Å². The van der Waals surface area contributed by atoms with Gasteiger partial charge in [-0.1, -0.05) is 18.2 Å². The predicted octanol–water partition coefficient (Wildman–Crippen LogP) is 3.87. The lowest BCUT2D eigenvalue weighted by Crippen LogP contribution is -2.33. The number of hydrogen-bond acceptors (Lipinski definition) is 4. The number of benzene rings is 1. The zero-order valence-corrected chi connectivity index (χ0v) is 17.9. The molecule has 1 aliphatic rings. The molecule has 1 N–H and O–H groups in total. The van der Waals surface area contributed by atoms with E-state index in [-0.39, 0.29) is 17.9 Å². The standard InChI is InChI=1S/C25H23N5O2/c1-16-3-10-23(27-14-16)30(20-8-9-20)25(32)19-11-12-29-22(13-19)21(15-28-29)17-4-6-18(7-5-17)24(31)26-2/h3-7,10-15,20H,8-9H2,1-2H3,(H,26,31). The van der Waals surface area contributed by atoms with Gasteiger partial charge in [-0.3, -0.25) is 14.5 Å². The van der Waals surface area contributed by atoms with Crippen molar-refractivity contribution >= 4 is 23.1 Å². The van der Waals surface area contributed by atoms with E-state index in [2.05, 4.69) is 15.4 Å². The van der Waals surface area contributed by atoms with Crippen LogP contribution in [0.25, 0.3) is 16.6 Å². The summed E-state index contributed by atoms with van der Waals surface area (Å²) in [4.78, 5) is 31.6. The Labute approximate surface area is 185 Å². The van der Waals surface area contributed by atoms with E-state index < -0.39 is 0 Å². The van der Waals surface area contributed by atoms with E-state index in [1.807, 2.05) is 37.3 Å².